The van der Waals surface area contributed by atoms with Crippen LogP contribution in [0.4, 0.5) is 18.3 Å². The van der Waals surface area contributed by atoms with Gasteiger partial charge in [-0.05, 0) is 25.8 Å². The molecular weight excluding hydrogens is 431 g/mol. The summed E-state index contributed by atoms with van der Waals surface area (Å²) in [6.07, 6.45) is -1.59. The average Bonchev–Trinajstić information content (AvgIpc) is 3.40. The summed E-state index contributed by atoms with van der Waals surface area (Å²) in [7, 11) is 0. The Morgan fingerprint density at radius 2 is 2.10 bits per heavy atom. The van der Waals surface area contributed by atoms with Crippen LogP contribution in [0.3, 0.4) is 0 Å². The van der Waals surface area contributed by atoms with Crippen LogP contribution in [-0.2, 0) is 17.9 Å². The van der Waals surface area contributed by atoms with Crippen molar-refractivity contribution in [3.63, 3.8) is 0 Å². The van der Waals surface area contributed by atoms with Gasteiger partial charge in [0.05, 0.1) is 0 Å². The number of alkyl halides is 2. The number of hydrogen-bond donors (Lipinski definition) is 1. The Morgan fingerprint density at radius 1 is 1.32 bits per heavy atom. The maximum Gasteiger partial charge on any atom is 0.295 e. The molecular formula is C20H20F3N5O2S. The SMILES string of the molecule is CCn1c(C(F)F)nc2sc(N3CCC[C@@H]3C(=O)NCc3ccccc3F)nc2c1=O. The minimum absolute atomic E-state index is 0.0173. The molecule has 0 bridgehead atoms. The minimum atomic E-state index is -2.88. The average molecular weight is 451 g/mol. The van der Waals surface area contributed by atoms with E-state index >= 15 is 0 Å². The van der Waals surface area contributed by atoms with Crippen LogP contribution in [0.2, 0.25) is 0 Å². The van der Waals surface area contributed by atoms with Gasteiger partial charge in [0.15, 0.2) is 21.3 Å². The standard InChI is InChI=1S/C20H20F3N5O2S/c1-2-27-16(15(22)23)26-18-14(19(27)30)25-20(31-18)28-9-5-8-13(28)17(29)24-10-11-6-3-4-7-12(11)21/h3-4,6-7,13,15H,2,5,8-10H2,1H3,(H,24,29)/t13-/m1/s1. The Labute approximate surface area is 179 Å². The number of fused-ring (bicyclic) bond motifs is 1. The monoisotopic (exact) mass is 451 g/mol. The highest BCUT2D eigenvalue weighted by Crippen LogP contribution is 2.32. The van der Waals surface area contributed by atoms with Gasteiger partial charge in [0, 0.05) is 25.2 Å². The molecule has 1 aliphatic rings. The molecule has 0 radical (unpaired) electrons. The number of rotatable bonds is 6. The fourth-order valence-corrected chi connectivity index (χ4v) is 4.73. The predicted molar refractivity (Wildman–Crippen MR) is 111 cm³/mol. The lowest BCUT2D eigenvalue weighted by Crippen LogP contribution is -2.43. The molecule has 2 aromatic heterocycles. The van der Waals surface area contributed by atoms with Crippen LogP contribution in [0.15, 0.2) is 29.1 Å². The molecule has 1 aromatic carbocycles. The van der Waals surface area contributed by atoms with E-state index in [1.165, 1.54) is 6.07 Å². The summed E-state index contributed by atoms with van der Waals surface area (Å²) in [6, 6.07) is 5.65. The van der Waals surface area contributed by atoms with Crippen molar-refractivity contribution in [2.45, 2.75) is 45.3 Å². The second-order valence-corrected chi connectivity index (χ2v) is 8.09. The van der Waals surface area contributed by atoms with Gasteiger partial charge in [-0.2, -0.15) is 0 Å². The van der Waals surface area contributed by atoms with Gasteiger partial charge in [-0.3, -0.25) is 14.2 Å². The fourth-order valence-electron chi connectivity index (χ4n) is 3.72. The second-order valence-electron chi connectivity index (χ2n) is 7.13. The van der Waals surface area contributed by atoms with E-state index in [0.717, 1.165) is 22.3 Å². The Balaban J connectivity index is 1.59. The normalized spacial score (nSPS) is 16.4. The predicted octanol–water partition coefficient (Wildman–Crippen LogP) is 3.23. The summed E-state index contributed by atoms with van der Waals surface area (Å²) >= 11 is 1.01. The molecule has 4 rings (SSSR count). The van der Waals surface area contributed by atoms with Crippen molar-refractivity contribution in [2.24, 2.45) is 0 Å². The van der Waals surface area contributed by atoms with E-state index in [1.54, 1.807) is 30.0 Å². The first-order valence-electron chi connectivity index (χ1n) is 9.87. The van der Waals surface area contributed by atoms with Crippen molar-refractivity contribution < 1.29 is 18.0 Å². The minimum Gasteiger partial charge on any atom is -0.350 e. The summed E-state index contributed by atoms with van der Waals surface area (Å²) in [5, 5.41) is 3.13. The van der Waals surface area contributed by atoms with Crippen molar-refractivity contribution in [3.05, 3.63) is 51.8 Å². The van der Waals surface area contributed by atoms with Crippen LogP contribution in [-0.4, -0.2) is 33.0 Å². The quantitative estimate of drug-likeness (QED) is 0.623. The Hall–Kier alpha value is -2.95. The van der Waals surface area contributed by atoms with Crippen LogP contribution in [0, 0.1) is 5.82 Å². The number of benzene rings is 1. The van der Waals surface area contributed by atoms with E-state index < -0.39 is 29.7 Å². The molecule has 0 aliphatic carbocycles. The summed E-state index contributed by atoms with van der Waals surface area (Å²) < 4.78 is 41.4. The zero-order valence-corrected chi connectivity index (χ0v) is 17.5. The Bertz CT molecular complexity index is 1180. The van der Waals surface area contributed by atoms with Gasteiger partial charge in [0.1, 0.15) is 11.9 Å². The molecule has 31 heavy (non-hydrogen) atoms. The number of nitrogens with one attached hydrogen (secondary N) is 1. The third-order valence-corrected chi connectivity index (χ3v) is 6.25. The zero-order chi connectivity index (χ0) is 22.1. The van der Waals surface area contributed by atoms with Crippen molar-refractivity contribution >= 4 is 32.7 Å². The summed E-state index contributed by atoms with van der Waals surface area (Å²) in [4.78, 5) is 35.5. The summed E-state index contributed by atoms with van der Waals surface area (Å²) in [6.45, 7) is 2.22. The first-order valence-corrected chi connectivity index (χ1v) is 10.7. The lowest BCUT2D eigenvalue weighted by Gasteiger charge is -2.23. The highest BCUT2D eigenvalue weighted by Gasteiger charge is 2.33. The number of thiazole rings is 1. The van der Waals surface area contributed by atoms with Gasteiger partial charge in [-0.15, -0.1) is 0 Å². The molecule has 3 aromatic rings. The van der Waals surface area contributed by atoms with Crippen molar-refractivity contribution in [1.82, 2.24) is 19.9 Å². The van der Waals surface area contributed by atoms with E-state index in [4.69, 9.17) is 0 Å². The molecule has 1 aliphatic heterocycles. The van der Waals surface area contributed by atoms with Crippen LogP contribution in [0.5, 0.6) is 0 Å². The van der Waals surface area contributed by atoms with E-state index in [9.17, 15) is 22.8 Å². The molecule has 164 valence electrons. The number of amides is 1. The van der Waals surface area contributed by atoms with Crippen molar-refractivity contribution in [3.8, 4) is 0 Å². The first kappa shape index (κ1) is 21.3. The third kappa shape index (κ3) is 4.01. The number of carbonyl (C=O) groups excluding carboxylic acids is 1. The maximum absolute atomic E-state index is 13.8. The topological polar surface area (TPSA) is 80.1 Å². The third-order valence-electron chi connectivity index (χ3n) is 5.26. The molecule has 7 nitrogen and oxygen atoms in total. The maximum atomic E-state index is 13.8. The molecule has 1 amide bonds. The van der Waals surface area contributed by atoms with Crippen LogP contribution in [0.1, 0.15) is 37.6 Å². The molecule has 0 spiro atoms. The highest BCUT2D eigenvalue weighted by molar-refractivity contribution is 7.21. The summed E-state index contributed by atoms with van der Waals surface area (Å²) in [5.74, 6) is -1.27. The van der Waals surface area contributed by atoms with E-state index in [1.807, 2.05) is 0 Å². The van der Waals surface area contributed by atoms with Gasteiger partial charge < -0.3 is 10.2 Å². The lowest BCUT2D eigenvalue weighted by molar-refractivity contribution is -0.122. The van der Waals surface area contributed by atoms with E-state index in [0.29, 0.717) is 23.7 Å². The molecule has 11 heteroatoms. The van der Waals surface area contributed by atoms with E-state index in [2.05, 4.69) is 15.3 Å². The van der Waals surface area contributed by atoms with Gasteiger partial charge in [-0.25, -0.2) is 23.1 Å². The van der Waals surface area contributed by atoms with Crippen molar-refractivity contribution in [1.29, 1.82) is 0 Å². The molecule has 1 fully saturated rings. The van der Waals surface area contributed by atoms with Gasteiger partial charge in [0.25, 0.3) is 12.0 Å². The molecule has 1 saturated heterocycles. The Morgan fingerprint density at radius 3 is 2.81 bits per heavy atom. The van der Waals surface area contributed by atoms with Gasteiger partial charge in [-0.1, -0.05) is 29.5 Å². The van der Waals surface area contributed by atoms with Crippen LogP contribution in [0.25, 0.3) is 10.3 Å². The number of carbonyl (C=O) groups is 1. The second kappa shape index (κ2) is 8.66. The van der Waals surface area contributed by atoms with Crippen LogP contribution >= 0.6 is 11.3 Å². The zero-order valence-electron chi connectivity index (χ0n) is 16.6. The smallest absolute Gasteiger partial charge is 0.295 e. The van der Waals surface area contributed by atoms with Crippen LogP contribution < -0.4 is 15.8 Å². The molecule has 1 N–H and O–H groups in total. The van der Waals surface area contributed by atoms with Crippen molar-refractivity contribution in [2.75, 3.05) is 11.4 Å². The van der Waals surface area contributed by atoms with E-state index in [-0.39, 0.29) is 29.3 Å². The molecule has 1 atom stereocenters. The van der Waals surface area contributed by atoms with Gasteiger partial charge >= 0.3 is 0 Å². The number of halogens is 3. The number of aromatic nitrogens is 3. The molecule has 3 heterocycles. The molecule has 0 saturated carbocycles. The number of hydrogen-bond acceptors (Lipinski definition) is 6. The first-order chi connectivity index (χ1) is 14.9. The molecule has 0 unspecified atom stereocenters. The number of anilines is 1. The van der Waals surface area contributed by atoms with Gasteiger partial charge in [0.2, 0.25) is 5.91 Å². The Kier molecular flexibility index (Phi) is 5.94. The fraction of sp³-hybridized carbons (Fsp3) is 0.400. The summed E-state index contributed by atoms with van der Waals surface area (Å²) in [5.41, 5.74) is -0.224. The lowest BCUT2D eigenvalue weighted by atomic mass is 10.2. The number of nitrogens with zero attached hydrogens (tertiary/aromatic N) is 4. The largest absolute Gasteiger partial charge is 0.350 e. The highest BCUT2D eigenvalue weighted by atomic mass is 32.1.